The molecular weight excluding hydrogens is 398 g/mol. The molecule has 0 saturated heterocycles. The second kappa shape index (κ2) is 7.09. The standard InChI is InChI=1S/C18H11F4N3O2S/c1-28(26,27)16-12(19)6-11(7-13(16)20)15-14(24-18(25-15)17(21)22)10-4-2-9(8-23)3-5-10/h2-7,17H,1H3,(H,24,25). The van der Waals surface area contributed by atoms with Crippen molar-refractivity contribution in [3.63, 3.8) is 0 Å². The van der Waals surface area contributed by atoms with Gasteiger partial charge in [-0.25, -0.2) is 31.0 Å². The number of nitrogens with one attached hydrogen (secondary N) is 1. The van der Waals surface area contributed by atoms with Crippen molar-refractivity contribution >= 4 is 9.84 Å². The van der Waals surface area contributed by atoms with E-state index in [0.29, 0.717) is 17.4 Å². The van der Waals surface area contributed by atoms with Gasteiger partial charge in [0.2, 0.25) is 0 Å². The lowest BCUT2D eigenvalue weighted by Gasteiger charge is -2.07. The van der Waals surface area contributed by atoms with Crippen molar-refractivity contribution in [1.29, 1.82) is 5.26 Å². The van der Waals surface area contributed by atoms with Gasteiger partial charge in [-0.15, -0.1) is 0 Å². The summed E-state index contributed by atoms with van der Waals surface area (Å²) < 4.78 is 77.8. The third kappa shape index (κ3) is 3.61. The van der Waals surface area contributed by atoms with E-state index in [4.69, 9.17) is 5.26 Å². The zero-order valence-corrected chi connectivity index (χ0v) is 15.0. The van der Waals surface area contributed by atoms with Crippen molar-refractivity contribution in [2.45, 2.75) is 11.3 Å². The Hall–Kier alpha value is -3.19. The molecule has 0 bridgehead atoms. The fourth-order valence-corrected chi connectivity index (χ4v) is 3.50. The highest BCUT2D eigenvalue weighted by Crippen LogP contribution is 2.34. The minimum absolute atomic E-state index is 0.0469. The molecule has 0 fully saturated rings. The van der Waals surface area contributed by atoms with Crippen molar-refractivity contribution in [3.05, 3.63) is 59.4 Å². The van der Waals surface area contributed by atoms with Gasteiger partial charge in [-0.2, -0.15) is 5.26 Å². The van der Waals surface area contributed by atoms with Gasteiger partial charge in [-0.05, 0) is 24.3 Å². The van der Waals surface area contributed by atoms with Crippen molar-refractivity contribution in [2.75, 3.05) is 6.26 Å². The Balaban J connectivity index is 2.23. The van der Waals surface area contributed by atoms with Gasteiger partial charge < -0.3 is 4.98 Å². The molecule has 0 spiro atoms. The molecule has 28 heavy (non-hydrogen) atoms. The minimum Gasteiger partial charge on any atom is -0.337 e. The molecule has 1 N–H and O–H groups in total. The molecule has 2 aromatic carbocycles. The van der Waals surface area contributed by atoms with Crippen LogP contribution in [0.3, 0.4) is 0 Å². The molecule has 10 heteroatoms. The Bertz CT molecular complexity index is 1170. The van der Waals surface area contributed by atoms with Gasteiger partial charge in [0.1, 0.15) is 16.5 Å². The molecule has 0 aliphatic rings. The van der Waals surface area contributed by atoms with E-state index < -0.39 is 38.6 Å². The van der Waals surface area contributed by atoms with Crippen LogP contribution < -0.4 is 0 Å². The Kier molecular flexibility index (Phi) is 4.95. The van der Waals surface area contributed by atoms with Crippen molar-refractivity contribution in [3.8, 4) is 28.6 Å². The molecule has 3 aromatic rings. The van der Waals surface area contributed by atoms with Gasteiger partial charge in [0.15, 0.2) is 15.7 Å². The number of rotatable bonds is 4. The van der Waals surface area contributed by atoms with Crippen LogP contribution in [0.1, 0.15) is 17.8 Å². The van der Waals surface area contributed by atoms with Crippen LogP contribution in [0.2, 0.25) is 0 Å². The highest BCUT2D eigenvalue weighted by molar-refractivity contribution is 7.90. The Morgan fingerprint density at radius 3 is 2.11 bits per heavy atom. The number of imidazole rings is 1. The summed E-state index contributed by atoms with van der Waals surface area (Å²) in [6.45, 7) is 0. The third-order valence-corrected chi connectivity index (χ3v) is 5.01. The number of benzene rings is 2. The first-order valence-corrected chi connectivity index (χ1v) is 9.59. The Morgan fingerprint density at radius 1 is 1.07 bits per heavy atom. The average Bonchev–Trinajstić information content (AvgIpc) is 3.05. The van der Waals surface area contributed by atoms with Crippen molar-refractivity contribution in [1.82, 2.24) is 9.97 Å². The van der Waals surface area contributed by atoms with Crippen LogP contribution >= 0.6 is 0 Å². The quantitative estimate of drug-likeness (QED) is 0.653. The monoisotopic (exact) mass is 409 g/mol. The predicted molar refractivity (Wildman–Crippen MR) is 92.2 cm³/mol. The summed E-state index contributed by atoms with van der Waals surface area (Å²) in [6.07, 6.45) is -2.32. The molecule has 0 aliphatic carbocycles. The summed E-state index contributed by atoms with van der Waals surface area (Å²) in [7, 11) is -4.17. The third-order valence-electron chi connectivity index (χ3n) is 3.87. The summed E-state index contributed by atoms with van der Waals surface area (Å²) in [4.78, 5) is 5.02. The summed E-state index contributed by atoms with van der Waals surface area (Å²) in [5, 5.41) is 8.86. The smallest absolute Gasteiger partial charge is 0.295 e. The Labute approximate surface area is 157 Å². The summed E-state index contributed by atoms with van der Waals surface area (Å²) in [5.74, 6) is -3.43. The van der Waals surface area contributed by atoms with Crippen molar-refractivity contribution < 1.29 is 26.0 Å². The number of nitrogens with zero attached hydrogens (tertiary/aromatic N) is 2. The summed E-state index contributed by atoms with van der Waals surface area (Å²) >= 11 is 0. The maximum Gasteiger partial charge on any atom is 0.295 e. The van der Waals surface area contributed by atoms with Crippen LogP contribution in [-0.2, 0) is 9.84 Å². The van der Waals surface area contributed by atoms with Crippen LogP contribution in [-0.4, -0.2) is 24.6 Å². The number of hydrogen-bond acceptors (Lipinski definition) is 4. The molecule has 0 amide bonds. The van der Waals surface area contributed by atoms with E-state index in [9.17, 15) is 26.0 Å². The van der Waals surface area contributed by atoms with Gasteiger partial charge in [0, 0.05) is 17.4 Å². The number of alkyl halides is 2. The maximum absolute atomic E-state index is 14.2. The zero-order valence-electron chi connectivity index (χ0n) is 14.2. The molecule has 0 unspecified atom stereocenters. The molecule has 0 aliphatic heterocycles. The SMILES string of the molecule is CS(=O)(=O)c1c(F)cc(-c2nc(C(F)F)[nH]c2-c2ccc(C#N)cc2)cc1F. The second-order valence-electron chi connectivity index (χ2n) is 5.88. The average molecular weight is 409 g/mol. The van der Waals surface area contributed by atoms with Crippen LogP contribution in [0.5, 0.6) is 0 Å². The number of halogens is 4. The topological polar surface area (TPSA) is 86.6 Å². The normalized spacial score (nSPS) is 11.6. The van der Waals surface area contributed by atoms with Gasteiger partial charge in [-0.3, -0.25) is 0 Å². The van der Waals surface area contributed by atoms with Gasteiger partial charge in [0.25, 0.3) is 6.43 Å². The van der Waals surface area contributed by atoms with Gasteiger partial charge in [0.05, 0.1) is 23.0 Å². The summed E-state index contributed by atoms with van der Waals surface area (Å²) in [6, 6.07) is 9.15. The molecular formula is C18H11F4N3O2S. The minimum atomic E-state index is -4.17. The lowest BCUT2D eigenvalue weighted by molar-refractivity contribution is 0.141. The number of aromatic amines is 1. The molecule has 144 valence electrons. The van der Waals surface area contributed by atoms with Gasteiger partial charge in [-0.1, -0.05) is 12.1 Å². The number of aromatic nitrogens is 2. The zero-order chi connectivity index (χ0) is 20.6. The molecule has 1 aromatic heterocycles. The number of sulfone groups is 1. The highest BCUT2D eigenvalue weighted by Gasteiger charge is 2.24. The molecule has 0 saturated carbocycles. The van der Waals surface area contributed by atoms with Crippen LogP contribution in [0.4, 0.5) is 17.6 Å². The van der Waals surface area contributed by atoms with Crippen LogP contribution in [0.25, 0.3) is 22.5 Å². The fourth-order valence-electron chi connectivity index (χ4n) is 2.67. The largest absolute Gasteiger partial charge is 0.337 e. The van der Waals surface area contributed by atoms with E-state index >= 15 is 0 Å². The van der Waals surface area contributed by atoms with Crippen LogP contribution in [0.15, 0.2) is 41.3 Å². The lowest BCUT2D eigenvalue weighted by atomic mass is 10.0. The van der Waals surface area contributed by atoms with E-state index in [1.165, 1.54) is 24.3 Å². The van der Waals surface area contributed by atoms with E-state index in [-0.39, 0.29) is 17.0 Å². The molecule has 0 radical (unpaired) electrons. The predicted octanol–water partition coefficient (Wildman–Crippen LogP) is 4.23. The van der Waals surface area contributed by atoms with E-state index in [1.54, 1.807) is 0 Å². The second-order valence-corrected chi connectivity index (χ2v) is 7.83. The molecule has 1 heterocycles. The molecule has 5 nitrogen and oxygen atoms in total. The number of H-pyrrole nitrogens is 1. The van der Waals surface area contributed by atoms with E-state index in [2.05, 4.69) is 9.97 Å². The number of nitriles is 1. The fraction of sp³-hybridized carbons (Fsp3) is 0.111. The molecule has 0 atom stereocenters. The highest BCUT2D eigenvalue weighted by atomic mass is 32.2. The van der Waals surface area contributed by atoms with Gasteiger partial charge >= 0.3 is 0 Å². The summed E-state index contributed by atoms with van der Waals surface area (Å²) in [5.41, 5.74) is 0.323. The molecule has 3 rings (SSSR count). The lowest BCUT2D eigenvalue weighted by Crippen LogP contribution is -2.05. The van der Waals surface area contributed by atoms with E-state index in [1.807, 2.05) is 6.07 Å². The first-order valence-electron chi connectivity index (χ1n) is 7.70. The maximum atomic E-state index is 14.2. The van der Waals surface area contributed by atoms with E-state index in [0.717, 1.165) is 12.1 Å². The van der Waals surface area contributed by atoms with Crippen LogP contribution in [0, 0.1) is 23.0 Å². The number of hydrogen-bond donors (Lipinski definition) is 1. The van der Waals surface area contributed by atoms with Crippen molar-refractivity contribution in [2.24, 2.45) is 0 Å². The first kappa shape index (κ1) is 19.6. The Morgan fingerprint density at radius 2 is 1.64 bits per heavy atom. The first-order chi connectivity index (χ1) is 13.1.